The van der Waals surface area contributed by atoms with Gasteiger partial charge in [-0.1, -0.05) is 25.1 Å². The minimum absolute atomic E-state index is 0.514. The van der Waals surface area contributed by atoms with Crippen LogP contribution >= 0.6 is 0 Å². The maximum Gasteiger partial charge on any atom is 0.157 e. The summed E-state index contributed by atoms with van der Waals surface area (Å²) in [4.78, 5) is 2.08. The first-order valence-corrected chi connectivity index (χ1v) is 7.99. The normalized spacial score (nSPS) is 11.0. The van der Waals surface area contributed by atoms with Gasteiger partial charge in [0, 0.05) is 25.0 Å². The topological polar surface area (TPSA) is 25.6 Å². The first-order valence-electron chi connectivity index (χ1n) is 7.99. The maximum absolute atomic E-state index is 6.05. The van der Waals surface area contributed by atoms with Gasteiger partial charge in [-0.15, -0.1) is 0 Å². The van der Waals surface area contributed by atoms with Gasteiger partial charge in [0.25, 0.3) is 0 Å². The van der Waals surface area contributed by atoms with E-state index in [4.69, 9.17) is 9.15 Å². The number of hydrogen-bond donors (Lipinski definition) is 0. The summed E-state index contributed by atoms with van der Waals surface area (Å²) in [5.74, 6) is 0.949. The Morgan fingerprint density at radius 1 is 1.09 bits per heavy atom. The Hall–Kier alpha value is -2.42. The quantitative estimate of drug-likeness (QED) is 0.667. The molecule has 1 aromatic heterocycles. The minimum Gasteiger partial charge on any atom is -0.488 e. The van der Waals surface area contributed by atoms with E-state index in [0.29, 0.717) is 6.61 Å². The van der Waals surface area contributed by atoms with Gasteiger partial charge in [-0.2, -0.15) is 0 Å². The van der Waals surface area contributed by atoms with Crippen LogP contribution in [0.15, 0.2) is 47.1 Å². The van der Waals surface area contributed by atoms with Crippen molar-refractivity contribution in [3.63, 3.8) is 0 Å². The summed E-state index contributed by atoms with van der Waals surface area (Å²) >= 11 is 0. The zero-order valence-electron chi connectivity index (χ0n) is 14.2. The number of para-hydroxylation sites is 1. The number of rotatable bonds is 5. The molecule has 0 atom stereocenters. The van der Waals surface area contributed by atoms with Crippen LogP contribution in [0.2, 0.25) is 0 Å². The molecule has 0 radical (unpaired) electrons. The highest BCUT2D eigenvalue weighted by Crippen LogP contribution is 2.32. The molecule has 1 heterocycles. The van der Waals surface area contributed by atoms with Crippen LogP contribution in [0.4, 0.5) is 5.69 Å². The van der Waals surface area contributed by atoms with Crippen LogP contribution in [0, 0.1) is 6.92 Å². The van der Waals surface area contributed by atoms with E-state index < -0.39 is 0 Å². The minimum atomic E-state index is 0.514. The van der Waals surface area contributed by atoms with Crippen molar-refractivity contribution in [2.24, 2.45) is 0 Å². The Balaban J connectivity index is 1.92. The summed E-state index contributed by atoms with van der Waals surface area (Å²) < 4.78 is 11.9. The second-order valence-electron chi connectivity index (χ2n) is 6.07. The molecule has 3 rings (SSSR count). The van der Waals surface area contributed by atoms with Gasteiger partial charge in [0.1, 0.15) is 12.4 Å². The maximum atomic E-state index is 6.05. The van der Waals surface area contributed by atoms with Crippen molar-refractivity contribution in [3.8, 4) is 5.75 Å². The lowest BCUT2D eigenvalue weighted by molar-refractivity contribution is 0.303. The third kappa shape index (κ3) is 3.04. The lowest BCUT2D eigenvalue weighted by atomic mass is 10.1. The number of furan rings is 1. The molecule has 3 aromatic rings. The SMILES string of the molecule is CCc1ccccc1OCc1coc2c(N(C)C)cc(C)cc12. The van der Waals surface area contributed by atoms with Gasteiger partial charge in [-0.05, 0) is 42.7 Å². The number of aryl methyl sites for hydroxylation is 2. The van der Waals surface area contributed by atoms with Crippen molar-refractivity contribution in [1.82, 2.24) is 0 Å². The standard InChI is InChI=1S/C20H23NO2/c1-5-15-8-6-7-9-19(15)22-12-16-13-23-20-17(16)10-14(2)11-18(20)21(3)4/h6-11,13H,5,12H2,1-4H3. The van der Waals surface area contributed by atoms with Gasteiger partial charge in [-0.3, -0.25) is 0 Å². The van der Waals surface area contributed by atoms with Crippen molar-refractivity contribution in [2.45, 2.75) is 26.9 Å². The third-order valence-corrected chi connectivity index (χ3v) is 4.10. The Bertz CT molecular complexity index is 818. The van der Waals surface area contributed by atoms with Crippen molar-refractivity contribution < 1.29 is 9.15 Å². The van der Waals surface area contributed by atoms with E-state index in [1.165, 1.54) is 11.1 Å². The number of fused-ring (bicyclic) bond motifs is 1. The van der Waals surface area contributed by atoms with E-state index in [0.717, 1.165) is 34.4 Å². The van der Waals surface area contributed by atoms with Crippen molar-refractivity contribution in [3.05, 3.63) is 59.4 Å². The summed E-state index contributed by atoms with van der Waals surface area (Å²) in [5, 5.41) is 1.13. The van der Waals surface area contributed by atoms with E-state index >= 15 is 0 Å². The average molecular weight is 309 g/mol. The predicted molar refractivity (Wildman–Crippen MR) is 95.4 cm³/mol. The lowest BCUT2D eigenvalue weighted by Gasteiger charge is -2.14. The highest BCUT2D eigenvalue weighted by Gasteiger charge is 2.13. The predicted octanol–water partition coefficient (Wildman–Crippen LogP) is 4.95. The van der Waals surface area contributed by atoms with E-state index in [1.54, 1.807) is 0 Å². The number of nitrogens with zero attached hydrogens (tertiary/aromatic N) is 1. The fraction of sp³-hybridized carbons (Fsp3) is 0.300. The Morgan fingerprint density at radius 3 is 2.61 bits per heavy atom. The van der Waals surface area contributed by atoms with Gasteiger partial charge >= 0.3 is 0 Å². The van der Waals surface area contributed by atoms with Gasteiger partial charge in [0.05, 0.1) is 12.0 Å². The highest BCUT2D eigenvalue weighted by atomic mass is 16.5. The molecular weight excluding hydrogens is 286 g/mol. The van der Waals surface area contributed by atoms with Gasteiger partial charge in [0.2, 0.25) is 0 Å². The van der Waals surface area contributed by atoms with Crippen molar-refractivity contribution in [1.29, 1.82) is 0 Å². The third-order valence-electron chi connectivity index (χ3n) is 4.10. The van der Waals surface area contributed by atoms with E-state index in [2.05, 4.69) is 36.9 Å². The molecule has 0 saturated carbocycles. The lowest BCUT2D eigenvalue weighted by Crippen LogP contribution is -2.09. The second-order valence-corrected chi connectivity index (χ2v) is 6.07. The molecular formula is C20H23NO2. The van der Waals surface area contributed by atoms with Crippen LogP contribution in [-0.2, 0) is 13.0 Å². The van der Waals surface area contributed by atoms with Crippen molar-refractivity contribution in [2.75, 3.05) is 19.0 Å². The van der Waals surface area contributed by atoms with Crippen LogP contribution in [0.5, 0.6) is 5.75 Å². The molecule has 23 heavy (non-hydrogen) atoms. The number of anilines is 1. The molecule has 0 unspecified atom stereocenters. The van der Waals surface area contributed by atoms with E-state index in [-0.39, 0.29) is 0 Å². The molecule has 0 bridgehead atoms. The van der Waals surface area contributed by atoms with Gasteiger partial charge in [0.15, 0.2) is 5.58 Å². The Morgan fingerprint density at radius 2 is 1.87 bits per heavy atom. The van der Waals surface area contributed by atoms with Gasteiger partial charge in [-0.25, -0.2) is 0 Å². The summed E-state index contributed by atoms with van der Waals surface area (Å²) in [6, 6.07) is 12.5. The molecule has 0 fully saturated rings. The smallest absolute Gasteiger partial charge is 0.157 e. The molecule has 0 spiro atoms. The molecule has 0 saturated heterocycles. The molecule has 3 nitrogen and oxygen atoms in total. The van der Waals surface area contributed by atoms with Crippen LogP contribution < -0.4 is 9.64 Å². The monoisotopic (exact) mass is 309 g/mol. The number of hydrogen-bond acceptors (Lipinski definition) is 3. The average Bonchev–Trinajstić information content (AvgIpc) is 2.95. The number of ether oxygens (including phenoxy) is 1. The molecule has 120 valence electrons. The molecule has 3 heteroatoms. The molecule has 0 N–H and O–H groups in total. The summed E-state index contributed by atoms with van der Waals surface area (Å²) in [7, 11) is 4.06. The zero-order valence-corrected chi connectivity index (χ0v) is 14.2. The first kappa shape index (κ1) is 15.5. The van der Waals surface area contributed by atoms with E-state index in [9.17, 15) is 0 Å². The molecule has 0 aliphatic carbocycles. The zero-order chi connectivity index (χ0) is 16.4. The largest absolute Gasteiger partial charge is 0.488 e. The Labute approximate surface area is 137 Å². The van der Waals surface area contributed by atoms with E-state index in [1.807, 2.05) is 38.6 Å². The fourth-order valence-electron chi connectivity index (χ4n) is 2.85. The molecule has 0 amide bonds. The van der Waals surface area contributed by atoms with Crippen LogP contribution in [-0.4, -0.2) is 14.1 Å². The van der Waals surface area contributed by atoms with Crippen molar-refractivity contribution >= 4 is 16.7 Å². The molecule has 2 aromatic carbocycles. The molecule has 0 aliphatic rings. The number of benzene rings is 2. The summed E-state index contributed by atoms with van der Waals surface area (Å²) in [6.45, 7) is 4.76. The van der Waals surface area contributed by atoms with Crippen LogP contribution in [0.25, 0.3) is 11.0 Å². The first-order chi connectivity index (χ1) is 11.1. The summed E-state index contributed by atoms with van der Waals surface area (Å²) in [5.41, 5.74) is 5.55. The van der Waals surface area contributed by atoms with Crippen LogP contribution in [0.3, 0.4) is 0 Å². The second kappa shape index (κ2) is 6.37. The molecule has 0 aliphatic heterocycles. The Kier molecular flexibility index (Phi) is 4.28. The van der Waals surface area contributed by atoms with Gasteiger partial charge < -0.3 is 14.1 Å². The summed E-state index contributed by atoms with van der Waals surface area (Å²) in [6.07, 6.45) is 2.78. The fourth-order valence-corrected chi connectivity index (χ4v) is 2.85. The highest BCUT2D eigenvalue weighted by molar-refractivity contribution is 5.92. The van der Waals surface area contributed by atoms with Crippen LogP contribution in [0.1, 0.15) is 23.6 Å².